The zero-order chi connectivity index (χ0) is 45.5. The van der Waals surface area contributed by atoms with Crippen LogP contribution in [-0.2, 0) is 19.3 Å². The number of aryl methyl sites for hydroxylation is 3. The maximum atomic E-state index is 10.8. The van der Waals surface area contributed by atoms with Gasteiger partial charge < -0.3 is 30.4 Å². The molecule has 7 aromatic rings. The minimum atomic E-state index is -0.885. The van der Waals surface area contributed by atoms with Gasteiger partial charge in [-0.3, -0.25) is 0 Å². The first-order valence-electron chi connectivity index (χ1n) is 20.4. The summed E-state index contributed by atoms with van der Waals surface area (Å²) in [6, 6.07) is 29.5. The largest absolute Gasteiger partial charge is 0.478 e. The average molecular weight is 843 g/mol. The normalized spacial score (nSPS) is 12.6. The number of aromatic carboxylic acids is 4. The Balaban J connectivity index is 0.000000131. The molecule has 10 rings (SSSR count). The van der Waals surface area contributed by atoms with E-state index in [0.717, 1.165) is 63.7 Å². The molecule has 0 spiro atoms. The molecule has 0 saturated heterocycles. The van der Waals surface area contributed by atoms with Crippen LogP contribution in [0.3, 0.4) is 0 Å². The fraction of sp³-hybridized carbons (Fsp3) is 0.170. The molecule has 63 heavy (non-hydrogen) atoms. The first kappa shape index (κ1) is 44.8. The molecule has 2 aromatic heterocycles. The number of nitrogens with one attached hydrogen (secondary N) is 2. The Morgan fingerprint density at radius 3 is 1.79 bits per heavy atom. The Hall–Kier alpha value is -7.72. The third kappa shape index (κ3) is 11.0. The number of hydrogen-bond acceptors (Lipinski definition) is 4. The van der Waals surface area contributed by atoms with E-state index < -0.39 is 23.9 Å². The quantitative estimate of drug-likeness (QED) is 0.101. The summed E-state index contributed by atoms with van der Waals surface area (Å²) < 4.78 is 0. The molecule has 5 aromatic carbocycles. The predicted molar refractivity (Wildman–Crippen MR) is 250 cm³/mol. The van der Waals surface area contributed by atoms with E-state index in [2.05, 4.69) is 61.9 Å². The smallest absolute Gasteiger partial charge is 0.336 e. The maximum absolute atomic E-state index is 10.8. The van der Waals surface area contributed by atoms with Crippen molar-refractivity contribution in [3.05, 3.63) is 192 Å². The number of aromatic amines is 2. The van der Waals surface area contributed by atoms with E-state index in [1.165, 1.54) is 44.3 Å². The van der Waals surface area contributed by atoms with Crippen LogP contribution in [0.2, 0.25) is 0 Å². The summed E-state index contributed by atoms with van der Waals surface area (Å²) >= 11 is 0. The lowest BCUT2D eigenvalue weighted by atomic mass is 10.0. The highest BCUT2D eigenvalue weighted by Crippen LogP contribution is 2.29. The molecular formula is C53H50N2O8. The summed E-state index contributed by atoms with van der Waals surface area (Å²) in [6.07, 6.45) is 10.8. The molecule has 0 aliphatic heterocycles. The van der Waals surface area contributed by atoms with Crippen LogP contribution in [-0.4, -0.2) is 54.3 Å². The molecule has 3 aliphatic rings. The minimum Gasteiger partial charge on any atom is -0.478 e. The Morgan fingerprint density at radius 2 is 1.10 bits per heavy atom. The predicted octanol–water partition coefficient (Wildman–Crippen LogP) is 12.0. The summed E-state index contributed by atoms with van der Waals surface area (Å²) in [6.45, 7) is 12.3. The van der Waals surface area contributed by atoms with E-state index in [-0.39, 0.29) is 0 Å². The standard InChI is InChI=1S/3C11H10O2.C10H9NO2.C10H11N/c2*1-7-4-8-2-3-9(11(12)13)6-10(8)5-7;1-7-5-8-3-2-4-9(11(12)13)10(8)6-7;1-6-5-8-7(10(12)13)3-2-4-9(8)11-6;1-7-3-4-9-8(2)6-11-10(9)5-7/h2-3,5-6H,4H2,1H3,(H,12,13);2-4,6H,5H2,1H3,(H,12,13);2-5H,6H2,1H3,(H,12,13);2-5,11H,1H3,(H,12,13);3-6,11H,1-2H3. The van der Waals surface area contributed by atoms with Crippen LogP contribution in [0.15, 0.2) is 120 Å². The van der Waals surface area contributed by atoms with Crippen LogP contribution in [0.1, 0.15) is 112 Å². The van der Waals surface area contributed by atoms with Crippen LogP contribution < -0.4 is 0 Å². The fourth-order valence-electron chi connectivity index (χ4n) is 7.89. The zero-order valence-corrected chi connectivity index (χ0v) is 36.1. The number of rotatable bonds is 4. The highest BCUT2D eigenvalue weighted by Gasteiger charge is 2.17. The summed E-state index contributed by atoms with van der Waals surface area (Å²) in [5.74, 6) is -3.43. The van der Waals surface area contributed by atoms with Gasteiger partial charge in [-0.25, -0.2) is 19.2 Å². The lowest BCUT2D eigenvalue weighted by Gasteiger charge is -2.02. The van der Waals surface area contributed by atoms with Crippen molar-refractivity contribution in [2.24, 2.45) is 0 Å². The molecule has 3 aliphatic carbocycles. The van der Waals surface area contributed by atoms with E-state index in [4.69, 9.17) is 20.4 Å². The van der Waals surface area contributed by atoms with Gasteiger partial charge in [-0.2, -0.15) is 0 Å². The molecule has 6 N–H and O–H groups in total. The number of aromatic nitrogens is 2. The second-order valence-electron chi connectivity index (χ2n) is 16.2. The number of allylic oxidation sites excluding steroid dienone is 3. The monoisotopic (exact) mass is 842 g/mol. The molecule has 0 bridgehead atoms. The molecule has 0 atom stereocenters. The van der Waals surface area contributed by atoms with Gasteiger partial charge in [0.15, 0.2) is 0 Å². The summed E-state index contributed by atoms with van der Waals surface area (Å²) in [5, 5.41) is 37.4. The van der Waals surface area contributed by atoms with Crippen LogP contribution in [0, 0.1) is 20.8 Å². The van der Waals surface area contributed by atoms with Crippen LogP contribution >= 0.6 is 0 Å². The van der Waals surface area contributed by atoms with E-state index >= 15 is 0 Å². The SMILES string of the molecule is CC1=Cc2cc(C(=O)O)ccc2C1.CC1=Cc2ccc(C(=O)O)cc2C1.CC1=Cc2cccc(C(=O)O)c2C1.Cc1cc2c(C(=O)O)cccc2[nH]1.Cc1ccc2c(C)c[nH]c2c1. The number of hydrogen-bond donors (Lipinski definition) is 6. The van der Waals surface area contributed by atoms with Crippen molar-refractivity contribution in [3.8, 4) is 0 Å². The lowest BCUT2D eigenvalue weighted by Crippen LogP contribution is -2.01. The molecule has 0 unspecified atom stereocenters. The van der Waals surface area contributed by atoms with Gasteiger partial charge in [-0.15, -0.1) is 0 Å². The van der Waals surface area contributed by atoms with Crippen LogP contribution in [0.4, 0.5) is 0 Å². The van der Waals surface area contributed by atoms with Gasteiger partial charge in [0.1, 0.15) is 0 Å². The average Bonchev–Trinajstić information content (AvgIpc) is 4.06. The molecule has 320 valence electrons. The van der Waals surface area contributed by atoms with Crippen molar-refractivity contribution in [2.75, 3.05) is 0 Å². The first-order valence-corrected chi connectivity index (χ1v) is 20.4. The third-order valence-electron chi connectivity index (χ3n) is 10.9. The number of carboxylic acids is 4. The summed E-state index contributed by atoms with van der Waals surface area (Å²) in [4.78, 5) is 49.3. The van der Waals surface area contributed by atoms with Gasteiger partial charge in [0.2, 0.25) is 0 Å². The Morgan fingerprint density at radius 1 is 0.492 bits per heavy atom. The van der Waals surface area contributed by atoms with Gasteiger partial charge in [0.05, 0.1) is 22.3 Å². The van der Waals surface area contributed by atoms with Crippen molar-refractivity contribution in [1.29, 1.82) is 0 Å². The van der Waals surface area contributed by atoms with Crippen molar-refractivity contribution >= 4 is 63.9 Å². The molecular weight excluding hydrogens is 793 g/mol. The van der Waals surface area contributed by atoms with Crippen molar-refractivity contribution in [1.82, 2.24) is 9.97 Å². The Bertz CT molecular complexity index is 3010. The molecule has 10 nitrogen and oxygen atoms in total. The molecule has 2 heterocycles. The van der Waals surface area contributed by atoms with Gasteiger partial charge in [-0.05, 0) is 160 Å². The van der Waals surface area contributed by atoms with Gasteiger partial charge in [-0.1, -0.05) is 77.4 Å². The van der Waals surface area contributed by atoms with E-state index in [1.54, 1.807) is 48.5 Å². The highest BCUT2D eigenvalue weighted by atomic mass is 16.4. The second kappa shape index (κ2) is 19.3. The van der Waals surface area contributed by atoms with Crippen molar-refractivity contribution < 1.29 is 39.6 Å². The summed E-state index contributed by atoms with van der Waals surface area (Å²) in [7, 11) is 0. The fourth-order valence-corrected chi connectivity index (χ4v) is 7.89. The van der Waals surface area contributed by atoms with Crippen molar-refractivity contribution in [3.63, 3.8) is 0 Å². The molecule has 0 fully saturated rings. The van der Waals surface area contributed by atoms with Gasteiger partial charge in [0.25, 0.3) is 0 Å². The van der Waals surface area contributed by atoms with E-state index in [0.29, 0.717) is 22.3 Å². The van der Waals surface area contributed by atoms with Crippen molar-refractivity contribution in [2.45, 2.75) is 60.8 Å². The van der Waals surface area contributed by atoms with Crippen LogP contribution in [0.5, 0.6) is 0 Å². The Labute approximate surface area is 365 Å². The molecule has 0 radical (unpaired) electrons. The number of carboxylic acid groups (broad SMARTS) is 4. The minimum absolute atomic E-state index is 0.349. The second-order valence-corrected chi connectivity index (χ2v) is 16.2. The van der Waals surface area contributed by atoms with Crippen LogP contribution in [0.25, 0.3) is 40.0 Å². The molecule has 0 saturated carbocycles. The van der Waals surface area contributed by atoms with E-state index in [1.807, 2.05) is 62.5 Å². The topological polar surface area (TPSA) is 181 Å². The number of benzene rings is 5. The summed E-state index contributed by atoms with van der Waals surface area (Å²) in [5.41, 5.74) is 17.6. The number of H-pyrrole nitrogens is 2. The Kier molecular flexibility index (Phi) is 13.8. The number of fused-ring (bicyclic) bond motifs is 5. The van der Waals surface area contributed by atoms with Gasteiger partial charge in [0, 0.05) is 33.7 Å². The first-order chi connectivity index (χ1) is 30.0. The van der Waals surface area contributed by atoms with E-state index in [9.17, 15) is 19.2 Å². The van der Waals surface area contributed by atoms with Gasteiger partial charge >= 0.3 is 23.9 Å². The highest BCUT2D eigenvalue weighted by molar-refractivity contribution is 6.03. The molecule has 0 amide bonds. The maximum Gasteiger partial charge on any atom is 0.336 e. The molecule has 10 heteroatoms. The zero-order valence-electron chi connectivity index (χ0n) is 36.1. The number of carbonyl (C=O) groups is 4. The lowest BCUT2D eigenvalue weighted by molar-refractivity contribution is 0.0685. The third-order valence-corrected chi connectivity index (χ3v) is 10.9.